The van der Waals surface area contributed by atoms with E-state index >= 15 is 0 Å². The van der Waals surface area contributed by atoms with E-state index in [1.807, 2.05) is 24.3 Å². The fraction of sp³-hybridized carbons (Fsp3) is 0.474. The molecule has 4 heteroatoms. The van der Waals surface area contributed by atoms with Crippen molar-refractivity contribution < 1.29 is 9.59 Å². The number of piperidine rings is 1. The van der Waals surface area contributed by atoms with Gasteiger partial charge in [0.15, 0.2) is 0 Å². The summed E-state index contributed by atoms with van der Waals surface area (Å²) in [5.41, 5.74) is 1.85. The molecular formula is C19H26N2O2. The summed E-state index contributed by atoms with van der Waals surface area (Å²) >= 11 is 0. The first kappa shape index (κ1) is 17.3. The summed E-state index contributed by atoms with van der Waals surface area (Å²) in [5.74, 6) is 0.0456. The van der Waals surface area contributed by atoms with E-state index in [4.69, 9.17) is 0 Å². The van der Waals surface area contributed by atoms with Crippen molar-refractivity contribution in [1.82, 2.24) is 4.90 Å². The molecule has 1 saturated heterocycles. The van der Waals surface area contributed by atoms with Crippen LogP contribution in [0.4, 0.5) is 5.69 Å². The Morgan fingerprint density at radius 2 is 2.04 bits per heavy atom. The van der Waals surface area contributed by atoms with Gasteiger partial charge in [-0.05, 0) is 55.9 Å². The minimum Gasteiger partial charge on any atom is -0.340 e. The predicted molar refractivity (Wildman–Crippen MR) is 93.2 cm³/mol. The third-order valence-electron chi connectivity index (χ3n) is 4.45. The van der Waals surface area contributed by atoms with Crippen LogP contribution in [0.3, 0.4) is 0 Å². The lowest BCUT2D eigenvalue weighted by Crippen LogP contribution is -2.43. The number of anilines is 1. The molecule has 1 aliphatic heterocycles. The third kappa shape index (κ3) is 4.95. The SMILES string of the molecule is C=CC(=O)Nc1ccc(CCC(=O)N2CCCCC2CC)cc1. The molecule has 1 unspecified atom stereocenters. The van der Waals surface area contributed by atoms with Crippen LogP contribution in [0.5, 0.6) is 0 Å². The molecule has 0 spiro atoms. The van der Waals surface area contributed by atoms with E-state index in [0.29, 0.717) is 12.5 Å². The molecule has 1 heterocycles. The fourth-order valence-electron chi connectivity index (χ4n) is 3.10. The number of benzene rings is 1. The Bertz CT molecular complexity index is 551. The molecule has 2 amide bonds. The number of nitrogens with zero attached hydrogens (tertiary/aromatic N) is 1. The van der Waals surface area contributed by atoms with Crippen LogP contribution in [0.15, 0.2) is 36.9 Å². The molecular weight excluding hydrogens is 288 g/mol. The van der Waals surface area contributed by atoms with Crippen molar-refractivity contribution in [2.24, 2.45) is 0 Å². The number of aryl methyl sites for hydroxylation is 1. The van der Waals surface area contributed by atoms with Crippen LogP contribution in [0.2, 0.25) is 0 Å². The van der Waals surface area contributed by atoms with Gasteiger partial charge in [-0.2, -0.15) is 0 Å². The van der Waals surface area contributed by atoms with Crippen LogP contribution < -0.4 is 5.32 Å². The van der Waals surface area contributed by atoms with Gasteiger partial charge in [-0.15, -0.1) is 0 Å². The predicted octanol–water partition coefficient (Wildman–Crippen LogP) is 3.53. The highest BCUT2D eigenvalue weighted by Crippen LogP contribution is 2.21. The highest BCUT2D eigenvalue weighted by molar-refractivity contribution is 5.98. The molecule has 1 aromatic rings. The highest BCUT2D eigenvalue weighted by atomic mass is 16.2. The second-order valence-electron chi connectivity index (χ2n) is 6.04. The van der Waals surface area contributed by atoms with E-state index in [9.17, 15) is 9.59 Å². The second-order valence-corrected chi connectivity index (χ2v) is 6.04. The number of rotatable bonds is 6. The Kier molecular flexibility index (Phi) is 6.39. The minimum atomic E-state index is -0.219. The average Bonchev–Trinajstić information content (AvgIpc) is 2.60. The van der Waals surface area contributed by atoms with Gasteiger partial charge in [-0.3, -0.25) is 9.59 Å². The maximum Gasteiger partial charge on any atom is 0.247 e. The maximum absolute atomic E-state index is 12.4. The number of likely N-dealkylation sites (tertiary alicyclic amines) is 1. The lowest BCUT2D eigenvalue weighted by atomic mass is 9.99. The summed E-state index contributed by atoms with van der Waals surface area (Å²) in [5, 5.41) is 2.72. The maximum atomic E-state index is 12.4. The summed E-state index contributed by atoms with van der Waals surface area (Å²) in [6.07, 6.45) is 7.08. The number of carbonyl (C=O) groups is 2. The Morgan fingerprint density at radius 3 is 2.70 bits per heavy atom. The summed E-state index contributed by atoms with van der Waals surface area (Å²) in [6, 6.07) is 8.06. The van der Waals surface area contributed by atoms with E-state index in [-0.39, 0.29) is 11.8 Å². The molecule has 1 atom stereocenters. The number of amides is 2. The molecule has 0 aliphatic carbocycles. The van der Waals surface area contributed by atoms with E-state index in [1.165, 1.54) is 12.5 Å². The molecule has 0 bridgehead atoms. The Labute approximate surface area is 138 Å². The second kappa shape index (κ2) is 8.51. The summed E-state index contributed by atoms with van der Waals surface area (Å²) in [7, 11) is 0. The largest absolute Gasteiger partial charge is 0.340 e. The molecule has 0 aromatic heterocycles. The van der Waals surface area contributed by atoms with Gasteiger partial charge >= 0.3 is 0 Å². The summed E-state index contributed by atoms with van der Waals surface area (Å²) in [6.45, 7) is 6.49. The molecule has 2 rings (SSSR count). The normalized spacial score (nSPS) is 17.6. The molecule has 1 fully saturated rings. The first-order chi connectivity index (χ1) is 11.1. The Morgan fingerprint density at radius 1 is 1.30 bits per heavy atom. The lowest BCUT2D eigenvalue weighted by Gasteiger charge is -2.35. The molecule has 23 heavy (non-hydrogen) atoms. The first-order valence-corrected chi connectivity index (χ1v) is 8.46. The third-order valence-corrected chi connectivity index (χ3v) is 4.45. The standard InChI is InChI=1S/C19H26N2O2/c1-3-17-7-5-6-14-21(17)19(23)13-10-15-8-11-16(12-9-15)20-18(22)4-2/h4,8-9,11-12,17H,2-3,5-7,10,13-14H2,1H3,(H,20,22). The fourth-order valence-corrected chi connectivity index (χ4v) is 3.10. The van der Waals surface area contributed by atoms with Crippen molar-refractivity contribution >= 4 is 17.5 Å². The first-order valence-electron chi connectivity index (χ1n) is 8.46. The molecule has 0 radical (unpaired) electrons. The van der Waals surface area contributed by atoms with E-state index in [0.717, 1.165) is 43.5 Å². The van der Waals surface area contributed by atoms with Crippen LogP contribution in [-0.4, -0.2) is 29.3 Å². The topological polar surface area (TPSA) is 49.4 Å². The number of hydrogen-bond acceptors (Lipinski definition) is 2. The van der Waals surface area contributed by atoms with Crippen molar-refractivity contribution in [1.29, 1.82) is 0 Å². The lowest BCUT2D eigenvalue weighted by molar-refractivity contribution is -0.134. The Hall–Kier alpha value is -2.10. The van der Waals surface area contributed by atoms with Crippen molar-refractivity contribution in [3.8, 4) is 0 Å². The monoisotopic (exact) mass is 314 g/mol. The van der Waals surface area contributed by atoms with Gasteiger partial charge in [0.1, 0.15) is 0 Å². The van der Waals surface area contributed by atoms with E-state index in [1.54, 1.807) is 0 Å². The molecule has 1 aliphatic rings. The minimum absolute atomic E-state index is 0.219. The van der Waals surface area contributed by atoms with E-state index in [2.05, 4.69) is 23.7 Å². The zero-order chi connectivity index (χ0) is 16.7. The van der Waals surface area contributed by atoms with Gasteiger partial charge < -0.3 is 10.2 Å². The summed E-state index contributed by atoms with van der Waals surface area (Å²) < 4.78 is 0. The van der Waals surface area contributed by atoms with Gasteiger partial charge in [0, 0.05) is 24.7 Å². The van der Waals surface area contributed by atoms with Gasteiger partial charge in [-0.1, -0.05) is 25.6 Å². The van der Waals surface area contributed by atoms with Crippen LogP contribution in [0.25, 0.3) is 0 Å². The van der Waals surface area contributed by atoms with Gasteiger partial charge in [0.2, 0.25) is 11.8 Å². The van der Waals surface area contributed by atoms with Gasteiger partial charge in [-0.25, -0.2) is 0 Å². The smallest absolute Gasteiger partial charge is 0.247 e. The molecule has 1 aromatic carbocycles. The van der Waals surface area contributed by atoms with Crippen LogP contribution in [0, 0.1) is 0 Å². The van der Waals surface area contributed by atoms with Crippen molar-refractivity contribution in [3.63, 3.8) is 0 Å². The van der Waals surface area contributed by atoms with Gasteiger partial charge in [0.05, 0.1) is 0 Å². The molecule has 4 nitrogen and oxygen atoms in total. The van der Waals surface area contributed by atoms with E-state index < -0.39 is 0 Å². The molecule has 0 saturated carbocycles. The zero-order valence-electron chi connectivity index (χ0n) is 13.9. The zero-order valence-corrected chi connectivity index (χ0v) is 13.9. The van der Waals surface area contributed by atoms with Crippen molar-refractivity contribution in [3.05, 3.63) is 42.5 Å². The number of carbonyl (C=O) groups excluding carboxylic acids is 2. The van der Waals surface area contributed by atoms with Crippen LogP contribution >= 0.6 is 0 Å². The van der Waals surface area contributed by atoms with Crippen LogP contribution in [-0.2, 0) is 16.0 Å². The highest BCUT2D eigenvalue weighted by Gasteiger charge is 2.24. The quantitative estimate of drug-likeness (QED) is 0.817. The molecule has 1 N–H and O–H groups in total. The Balaban J connectivity index is 1.86. The van der Waals surface area contributed by atoms with Crippen LogP contribution in [0.1, 0.15) is 44.6 Å². The van der Waals surface area contributed by atoms with Crippen molar-refractivity contribution in [2.45, 2.75) is 51.5 Å². The number of hydrogen-bond donors (Lipinski definition) is 1. The summed E-state index contributed by atoms with van der Waals surface area (Å²) in [4.78, 5) is 25.8. The van der Waals surface area contributed by atoms with Gasteiger partial charge in [0.25, 0.3) is 0 Å². The van der Waals surface area contributed by atoms with Crippen molar-refractivity contribution in [2.75, 3.05) is 11.9 Å². The molecule has 124 valence electrons. The average molecular weight is 314 g/mol. The number of nitrogens with one attached hydrogen (secondary N) is 1.